The van der Waals surface area contributed by atoms with E-state index in [1.54, 1.807) is 0 Å². The van der Waals surface area contributed by atoms with Crippen LogP contribution in [0.2, 0.25) is 0 Å². The molecule has 1 heterocycles. The minimum absolute atomic E-state index is 0.0724. The van der Waals surface area contributed by atoms with E-state index in [0.717, 1.165) is 43.7 Å². The molecule has 2 rings (SSSR count). The van der Waals surface area contributed by atoms with Crippen LogP contribution in [0.1, 0.15) is 24.0 Å². The monoisotopic (exact) mass is 275 g/mol. The molecule has 1 aromatic rings. The summed E-state index contributed by atoms with van der Waals surface area (Å²) in [4.78, 5) is 14.3. The van der Waals surface area contributed by atoms with E-state index in [9.17, 15) is 4.79 Å². The molecule has 4 nitrogen and oxygen atoms in total. The highest BCUT2D eigenvalue weighted by Gasteiger charge is 2.19. The fraction of sp³-hybridized carbons (Fsp3) is 0.562. The summed E-state index contributed by atoms with van der Waals surface area (Å²) in [6.45, 7) is 7.27. The number of aryl methyl sites for hydroxylation is 2. The summed E-state index contributed by atoms with van der Waals surface area (Å²) in [6.07, 6.45) is 2.21. The maximum atomic E-state index is 12.1. The molecule has 0 spiro atoms. The van der Waals surface area contributed by atoms with Crippen LogP contribution in [0.3, 0.4) is 0 Å². The number of anilines is 1. The lowest BCUT2D eigenvalue weighted by atomic mass is 9.97. The average molecular weight is 275 g/mol. The summed E-state index contributed by atoms with van der Waals surface area (Å²) >= 11 is 0. The van der Waals surface area contributed by atoms with Gasteiger partial charge in [0, 0.05) is 5.69 Å². The van der Waals surface area contributed by atoms with Gasteiger partial charge in [0.25, 0.3) is 0 Å². The van der Waals surface area contributed by atoms with Crippen molar-refractivity contribution in [3.63, 3.8) is 0 Å². The minimum atomic E-state index is 0.0724. The highest BCUT2D eigenvalue weighted by Crippen LogP contribution is 2.17. The second-order valence-electron chi connectivity index (χ2n) is 5.82. The van der Waals surface area contributed by atoms with Gasteiger partial charge in [-0.3, -0.25) is 9.69 Å². The molecule has 1 aliphatic heterocycles. The number of nitrogens with one attached hydrogen (secondary N) is 1. The maximum absolute atomic E-state index is 12.1. The Morgan fingerprint density at radius 2 is 2.05 bits per heavy atom. The van der Waals surface area contributed by atoms with E-state index in [1.165, 1.54) is 5.56 Å². The molecule has 4 heteroatoms. The second kappa shape index (κ2) is 6.86. The minimum Gasteiger partial charge on any atom is -0.330 e. The van der Waals surface area contributed by atoms with Gasteiger partial charge >= 0.3 is 0 Å². The first-order chi connectivity index (χ1) is 9.58. The zero-order valence-electron chi connectivity index (χ0n) is 12.5. The molecule has 3 N–H and O–H groups in total. The lowest BCUT2D eigenvalue weighted by Gasteiger charge is -2.30. The van der Waals surface area contributed by atoms with Gasteiger partial charge in [0.05, 0.1) is 6.54 Å². The first-order valence-corrected chi connectivity index (χ1v) is 7.38. The highest BCUT2D eigenvalue weighted by molar-refractivity contribution is 5.93. The van der Waals surface area contributed by atoms with Crippen molar-refractivity contribution in [1.82, 2.24) is 4.90 Å². The summed E-state index contributed by atoms with van der Waals surface area (Å²) in [5, 5.41) is 3.00. The summed E-state index contributed by atoms with van der Waals surface area (Å²) in [6, 6.07) is 6.08. The number of hydrogen-bond donors (Lipinski definition) is 2. The molecule has 0 aromatic heterocycles. The predicted molar refractivity (Wildman–Crippen MR) is 82.8 cm³/mol. The molecule has 0 radical (unpaired) electrons. The Kier molecular flexibility index (Phi) is 5.15. The summed E-state index contributed by atoms with van der Waals surface area (Å²) in [5.41, 5.74) is 8.92. The quantitative estimate of drug-likeness (QED) is 0.882. The van der Waals surface area contributed by atoms with Gasteiger partial charge in [-0.25, -0.2) is 0 Å². The van der Waals surface area contributed by atoms with Gasteiger partial charge in [-0.05, 0) is 63.9 Å². The number of likely N-dealkylation sites (tertiary alicyclic amines) is 1. The number of carbonyl (C=O) groups is 1. The number of nitrogens with two attached hydrogens (primary N) is 1. The van der Waals surface area contributed by atoms with Gasteiger partial charge in [0.2, 0.25) is 5.91 Å². The topological polar surface area (TPSA) is 58.4 Å². The fourth-order valence-corrected chi connectivity index (χ4v) is 2.73. The van der Waals surface area contributed by atoms with Gasteiger partial charge in [-0.15, -0.1) is 0 Å². The van der Waals surface area contributed by atoms with E-state index in [1.807, 2.05) is 19.1 Å². The number of piperidine rings is 1. The Bertz CT molecular complexity index is 465. The maximum Gasteiger partial charge on any atom is 0.238 e. The molecular formula is C16H25N3O. The van der Waals surface area contributed by atoms with Gasteiger partial charge in [0.1, 0.15) is 0 Å². The van der Waals surface area contributed by atoms with Crippen LogP contribution in [-0.2, 0) is 4.79 Å². The Morgan fingerprint density at radius 3 is 2.65 bits per heavy atom. The van der Waals surface area contributed by atoms with E-state index in [0.29, 0.717) is 12.5 Å². The first-order valence-electron chi connectivity index (χ1n) is 7.38. The Hall–Kier alpha value is -1.39. The molecule has 1 aromatic carbocycles. The van der Waals surface area contributed by atoms with E-state index in [-0.39, 0.29) is 5.91 Å². The summed E-state index contributed by atoms with van der Waals surface area (Å²) in [7, 11) is 0. The third kappa shape index (κ3) is 4.05. The molecule has 1 amide bonds. The number of nitrogens with zero attached hydrogens (tertiary/aromatic N) is 1. The molecule has 0 atom stereocenters. The number of hydrogen-bond acceptors (Lipinski definition) is 3. The lowest BCUT2D eigenvalue weighted by Crippen LogP contribution is -2.40. The van der Waals surface area contributed by atoms with Crippen molar-refractivity contribution >= 4 is 11.6 Å². The average Bonchev–Trinajstić information content (AvgIpc) is 2.43. The van der Waals surface area contributed by atoms with Crippen LogP contribution in [0.15, 0.2) is 18.2 Å². The van der Waals surface area contributed by atoms with Crippen LogP contribution in [-0.4, -0.2) is 37.0 Å². The van der Waals surface area contributed by atoms with E-state index in [4.69, 9.17) is 5.73 Å². The second-order valence-corrected chi connectivity index (χ2v) is 5.82. The van der Waals surface area contributed by atoms with Gasteiger partial charge in [-0.2, -0.15) is 0 Å². The van der Waals surface area contributed by atoms with Crippen LogP contribution in [0.25, 0.3) is 0 Å². The van der Waals surface area contributed by atoms with Crippen LogP contribution >= 0.6 is 0 Å². The molecule has 1 saturated heterocycles. The van der Waals surface area contributed by atoms with Crippen molar-refractivity contribution in [2.24, 2.45) is 11.7 Å². The van der Waals surface area contributed by atoms with Crippen LogP contribution in [0.5, 0.6) is 0 Å². The van der Waals surface area contributed by atoms with E-state index in [2.05, 4.69) is 23.2 Å². The van der Waals surface area contributed by atoms with Crippen molar-refractivity contribution < 1.29 is 4.79 Å². The zero-order valence-corrected chi connectivity index (χ0v) is 12.5. The van der Waals surface area contributed by atoms with Crippen molar-refractivity contribution in [3.8, 4) is 0 Å². The highest BCUT2D eigenvalue weighted by atomic mass is 16.2. The summed E-state index contributed by atoms with van der Waals surface area (Å²) in [5.74, 6) is 0.705. The predicted octanol–water partition coefficient (Wildman–Crippen LogP) is 1.91. The molecule has 1 aliphatic rings. The third-order valence-corrected chi connectivity index (χ3v) is 4.06. The van der Waals surface area contributed by atoms with Crippen molar-refractivity contribution in [2.45, 2.75) is 26.7 Å². The normalized spacial score (nSPS) is 17.1. The van der Waals surface area contributed by atoms with Crippen LogP contribution in [0, 0.1) is 19.8 Å². The standard InChI is InChI=1S/C16H25N3O/c1-12-3-4-15(13(2)9-12)18-16(20)11-19-7-5-14(10-17)6-8-19/h3-4,9,14H,5-8,10-11,17H2,1-2H3,(H,18,20). The zero-order chi connectivity index (χ0) is 14.5. The largest absolute Gasteiger partial charge is 0.330 e. The molecule has 20 heavy (non-hydrogen) atoms. The molecule has 1 fully saturated rings. The Balaban J connectivity index is 1.84. The molecule has 0 aliphatic carbocycles. The van der Waals surface area contributed by atoms with E-state index >= 15 is 0 Å². The third-order valence-electron chi connectivity index (χ3n) is 4.06. The molecular weight excluding hydrogens is 250 g/mol. The first kappa shape index (κ1) is 15.0. The Morgan fingerprint density at radius 1 is 1.35 bits per heavy atom. The van der Waals surface area contributed by atoms with Crippen molar-refractivity contribution in [3.05, 3.63) is 29.3 Å². The Labute approximate surface area is 121 Å². The number of amides is 1. The van der Waals surface area contributed by atoms with Gasteiger partial charge in [-0.1, -0.05) is 17.7 Å². The van der Waals surface area contributed by atoms with Gasteiger partial charge in [0.15, 0.2) is 0 Å². The lowest BCUT2D eigenvalue weighted by molar-refractivity contribution is -0.117. The van der Waals surface area contributed by atoms with Crippen LogP contribution < -0.4 is 11.1 Å². The fourth-order valence-electron chi connectivity index (χ4n) is 2.73. The summed E-state index contributed by atoms with van der Waals surface area (Å²) < 4.78 is 0. The number of carbonyl (C=O) groups excluding carboxylic acids is 1. The van der Waals surface area contributed by atoms with E-state index < -0.39 is 0 Å². The van der Waals surface area contributed by atoms with Crippen LogP contribution in [0.4, 0.5) is 5.69 Å². The molecule has 0 bridgehead atoms. The molecule has 0 unspecified atom stereocenters. The molecule has 110 valence electrons. The SMILES string of the molecule is Cc1ccc(NC(=O)CN2CCC(CN)CC2)c(C)c1. The van der Waals surface area contributed by atoms with Gasteiger partial charge < -0.3 is 11.1 Å². The van der Waals surface area contributed by atoms with Crippen molar-refractivity contribution in [2.75, 3.05) is 31.5 Å². The number of benzene rings is 1. The molecule has 0 saturated carbocycles. The smallest absolute Gasteiger partial charge is 0.238 e. The number of rotatable bonds is 4. The van der Waals surface area contributed by atoms with Crippen molar-refractivity contribution in [1.29, 1.82) is 0 Å².